The summed E-state index contributed by atoms with van der Waals surface area (Å²) in [6, 6.07) is 11.6. The number of carbonyl (C=O) groups excluding carboxylic acids is 2. The molecule has 1 aromatic heterocycles. The molecule has 2 aromatic carbocycles. The van der Waals surface area contributed by atoms with Crippen LogP contribution in [0.2, 0.25) is 5.02 Å². The molecule has 0 aliphatic heterocycles. The van der Waals surface area contributed by atoms with Crippen molar-refractivity contribution in [1.29, 1.82) is 0 Å². The van der Waals surface area contributed by atoms with E-state index in [1.165, 1.54) is 12.0 Å². The van der Waals surface area contributed by atoms with E-state index >= 15 is 0 Å². The molecule has 1 heterocycles. The Morgan fingerprint density at radius 2 is 1.84 bits per heavy atom. The Morgan fingerprint density at radius 3 is 2.47 bits per heavy atom. The highest BCUT2D eigenvalue weighted by molar-refractivity contribution is 6.30. The summed E-state index contributed by atoms with van der Waals surface area (Å²) in [6.07, 6.45) is 0. The average molecular weight is 458 g/mol. The molecule has 0 radical (unpaired) electrons. The van der Waals surface area contributed by atoms with Gasteiger partial charge in [0.15, 0.2) is 11.5 Å². The Hall–Kier alpha value is -3.52. The van der Waals surface area contributed by atoms with E-state index in [9.17, 15) is 9.59 Å². The van der Waals surface area contributed by atoms with Gasteiger partial charge in [-0.3, -0.25) is 9.59 Å². The molecule has 3 rings (SSSR count). The van der Waals surface area contributed by atoms with Crippen molar-refractivity contribution in [1.82, 2.24) is 10.1 Å². The highest BCUT2D eigenvalue weighted by Crippen LogP contribution is 2.30. The van der Waals surface area contributed by atoms with E-state index in [1.54, 1.807) is 49.5 Å². The van der Waals surface area contributed by atoms with Gasteiger partial charge in [0.2, 0.25) is 5.91 Å². The van der Waals surface area contributed by atoms with Gasteiger partial charge >= 0.3 is 0 Å². The van der Waals surface area contributed by atoms with E-state index in [0.29, 0.717) is 33.5 Å². The molecule has 2 amide bonds. The van der Waals surface area contributed by atoms with Crippen LogP contribution in [0.3, 0.4) is 0 Å². The molecule has 0 saturated carbocycles. The number of benzene rings is 2. The van der Waals surface area contributed by atoms with Crippen LogP contribution in [-0.4, -0.2) is 42.6 Å². The number of aryl methyl sites for hydroxylation is 2. The zero-order chi connectivity index (χ0) is 23.3. The van der Waals surface area contributed by atoms with Crippen molar-refractivity contribution in [3.8, 4) is 11.5 Å². The number of nitrogens with one attached hydrogen (secondary N) is 1. The Morgan fingerprint density at radius 1 is 1.12 bits per heavy atom. The topological polar surface area (TPSA) is 93.9 Å². The van der Waals surface area contributed by atoms with Crippen molar-refractivity contribution in [3.05, 3.63) is 70.1 Å². The number of aromatic nitrogens is 1. The lowest BCUT2D eigenvalue weighted by Gasteiger charge is -2.18. The fourth-order valence-electron chi connectivity index (χ4n) is 3.02. The lowest BCUT2D eigenvalue weighted by Crippen LogP contribution is -2.34. The number of methoxy groups -OCH3 is 1. The lowest BCUT2D eigenvalue weighted by atomic mass is 10.1. The number of carbonyl (C=O) groups is 2. The number of hydrogen-bond acceptors (Lipinski definition) is 6. The van der Waals surface area contributed by atoms with Crippen LogP contribution < -0.4 is 14.8 Å². The van der Waals surface area contributed by atoms with Crippen molar-refractivity contribution in [3.63, 3.8) is 0 Å². The van der Waals surface area contributed by atoms with Crippen molar-refractivity contribution in [2.45, 2.75) is 20.5 Å². The third kappa shape index (κ3) is 5.59. The maximum Gasteiger partial charge on any atom is 0.254 e. The standard InChI is InChI=1S/C23H24ClN3O5/c1-14-19(15(2)32-26-14)13-31-20-10-5-16(11-21(20)30-4)23(29)27(3)12-22(28)25-18-8-6-17(24)7-9-18/h5-11H,12-13H2,1-4H3,(H,25,28). The molecule has 9 heteroatoms. The highest BCUT2D eigenvalue weighted by Gasteiger charge is 2.18. The fraction of sp³-hybridized carbons (Fsp3) is 0.261. The third-order valence-electron chi connectivity index (χ3n) is 4.82. The largest absolute Gasteiger partial charge is 0.493 e. The first-order chi connectivity index (χ1) is 15.3. The molecule has 0 saturated heterocycles. The SMILES string of the molecule is COc1cc(C(=O)N(C)CC(=O)Nc2ccc(Cl)cc2)ccc1OCc1c(C)noc1C. The van der Waals surface area contributed by atoms with Gasteiger partial charge in [0, 0.05) is 23.3 Å². The minimum atomic E-state index is -0.327. The van der Waals surface area contributed by atoms with Gasteiger partial charge < -0.3 is 24.2 Å². The lowest BCUT2D eigenvalue weighted by molar-refractivity contribution is -0.116. The zero-order valence-electron chi connectivity index (χ0n) is 18.3. The minimum Gasteiger partial charge on any atom is -0.493 e. The molecular formula is C23H24ClN3O5. The third-order valence-corrected chi connectivity index (χ3v) is 5.07. The van der Waals surface area contributed by atoms with Crippen molar-refractivity contribution in [2.24, 2.45) is 0 Å². The second-order valence-electron chi connectivity index (χ2n) is 7.17. The minimum absolute atomic E-state index is 0.117. The first-order valence-electron chi connectivity index (χ1n) is 9.82. The summed E-state index contributed by atoms with van der Waals surface area (Å²) in [6.45, 7) is 3.80. The Bertz CT molecular complexity index is 1090. The number of halogens is 1. The second-order valence-corrected chi connectivity index (χ2v) is 7.61. The molecule has 1 N–H and O–H groups in total. The summed E-state index contributed by atoms with van der Waals surface area (Å²) in [4.78, 5) is 26.4. The van der Waals surface area contributed by atoms with Crippen molar-refractivity contribution in [2.75, 3.05) is 26.0 Å². The van der Waals surface area contributed by atoms with E-state index in [1.807, 2.05) is 13.8 Å². The van der Waals surface area contributed by atoms with Gasteiger partial charge in [-0.2, -0.15) is 0 Å². The summed E-state index contributed by atoms with van der Waals surface area (Å²) in [5.74, 6) is 0.918. The summed E-state index contributed by atoms with van der Waals surface area (Å²) in [7, 11) is 3.05. The maximum atomic E-state index is 12.8. The van der Waals surface area contributed by atoms with Crippen LogP contribution in [-0.2, 0) is 11.4 Å². The smallest absolute Gasteiger partial charge is 0.254 e. The van der Waals surface area contributed by atoms with Crippen LogP contribution in [0.1, 0.15) is 27.4 Å². The first kappa shape index (κ1) is 23.1. The van der Waals surface area contributed by atoms with Crippen molar-refractivity contribution < 1.29 is 23.6 Å². The quantitative estimate of drug-likeness (QED) is 0.543. The number of amides is 2. The van der Waals surface area contributed by atoms with Crippen LogP contribution >= 0.6 is 11.6 Å². The average Bonchev–Trinajstić information content (AvgIpc) is 3.10. The zero-order valence-corrected chi connectivity index (χ0v) is 19.0. The van der Waals surface area contributed by atoms with E-state index < -0.39 is 0 Å². The summed E-state index contributed by atoms with van der Waals surface area (Å²) in [5.41, 5.74) is 2.58. The van der Waals surface area contributed by atoms with Gasteiger partial charge in [0.25, 0.3) is 5.91 Å². The number of ether oxygens (including phenoxy) is 2. The summed E-state index contributed by atoms with van der Waals surface area (Å²) in [5, 5.41) is 7.21. The summed E-state index contributed by atoms with van der Waals surface area (Å²) >= 11 is 5.85. The predicted molar refractivity (Wildman–Crippen MR) is 120 cm³/mol. The monoisotopic (exact) mass is 457 g/mol. The normalized spacial score (nSPS) is 10.5. The van der Waals surface area contributed by atoms with E-state index in [2.05, 4.69) is 10.5 Å². The van der Waals surface area contributed by atoms with E-state index in [-0.39, 0.29) is 25.0 Å². The van der Waals surface area contributed by atoms with Crippen LogP contribution in [0.25, 0.3) is 0 Å². The molecule has 168 valence electrons. The first-order valence-corrected chi connectivity index (χ1v) is 10.2. The Kier molecular flexibility index (Phi) is 7.37. The Labute approximate surface area is 191 Å². The van der Waals surface area contributed by atoms with Gasteiger partial charge in [0.05, 0.1) is 24.9 Å². The molecule has 0 bridgehead atoms. The number of likely N-dealkylation sites (N-methyl/N-ethyl adjacent to an activating group) is 1. The summed E-state index contributed by atoms with van der Waals surface area (Å²) < 4.78 is 16.4. The molecule has 32 heavy (non-hydrogen) atoms. The molecule has 0 aliphatic carbocycles. The number of anilines is 1. The second kappa shape index (κ2) is 10.2. The van der Waals surface area contributed by atoms with Crippen LogP contribution in [0.15, 0.2) is 47.0 Å². The van der Waals surface area contributed by atoms with Gasteiger partial charge in [-0.15, -0.1) is 0 Å². The van der Waals surface area contributed by atoms with E-state index in [0.717, 1.165) is 11.3 Å². The Balaban J connectivity index is 1.64. The van der Waals surface area contributed by atoms with Crippen molar-refractivity contribution >= 4 is 29.1 Å². The van der Waals surface area contributed by atoms with Crippen LogP contribution in [0.4, 0.5) is 5.69 Å². The molecule has 0 fully saturated rings. The molecule has 0 atom stereocenters. The highest BCUT2D eigenvalue weighted by atomic mass is 35.5. The molecule has 0 aliphatic rings. The molecule has 8 nitrogen and oxygen atoms in total. The fourth-order valence-corrected chi connectivity index (χ4v) is 3.15. The predicted octanol–water partition coefficient (Wildman–Crippen LogP) is 4.24. The van der Waals surface area contributed by atoms with E-state index in [4.69, 9.17) is 25.6 Å². The molecule has 3 aromatic rings. The van der Waals surface area contributed by atoms with Crippen LogP contribution in [0, 0.1) is 13.8 Å². The van der Waals surface area contributed by atoms with Gasteiger partial charge in [0.1, 0.15) is 12.4 Å². The van der Waals surface area contributed by atoms with Gasteiger partial charge in [-0.05, 0) is 56.3 Å². The van der Waals surface area contributed by atoms with Crippen LogP contribution in [0.5, 0.6) is 11.5 Å². The number of rotatable bonds is 8. The number of nitrogens with zero attached hydrogens (tertiary/aromatic N) is 2. The molecule has 0 unspecified atom stereocenters. The molecule has 0 spiro atoms. The maximum absolute atomic E-state index is 12.8. The van der Waals surface area contributed by atoms with Gasteiger partial charge in [-0.25, -0.2) is 0 Å². The number of hydrogen-bond donors (Lipinski definition) is 1. The molecular weight excluding hydrogens is 434 g/mol. The van der Waals surface area contributed by atoms with Gasteiger partial charge in [-0.1, -0.05) is 16.8 Å².